The Kier molecular flexibility index (Phi) is 5.37. The molecule has 0 fully saturated rings. The van der Waals surface area contributed by atoms with Crippen molar-refractivity contribution in [3.8, 4) is 0 Å². The molecule has 0 unspecified atom stereocenters. The average Bonchev–Trinajstić information content (AvgIpc) is 2.36. The first-order valence-electron chi connectivity index (χ1n) is 6.17. The normalized spacial score (nSPS) is 9.39. The molecular weight excluding hydrogens is 220 g/mol. The fraction of sp³-hybridized carbons (Fsp3) is 0.312. The van der Waals surface area contributed by atoms with Crippen molar-refractivity contribution in [3.63, 3.8) is 0 Å². The summed E-state index contributed by atoms with van der Waals surface area (Å²) in [6.07, 6.45) is 1.84. The number of rotatable bonds is 1. The molecule has 0 atom stereocenters. The van der Waals surface area contributed by atoms with Crippen LogP contribution in [0.2, 0.25) is 0 Å². The van der Waals surface area contributed by atoms with Crippen LogP contribution in [0.25, 0.3) is 0 Å². The highest BCUT2D eigenvalue weighted by molar-refractivity contribution is 5.33. The number of nitrogens with zero attached hydrogens (tertiary/aromatic N) is 1. The van der Waals surface area contributed by atoms with Gasteiger partial charge in [0.05, 0.1) is 0 Å². The van der Waals surface area contributed by atoms with E-state index >= 15 is 0 Å². The minimum atomic E-state index is 0.917. The van der Waals surface area contributed by atoms with Crippen molar-refractivity contribution in [2.75, 3.05) is 12.4 Å². The Morgan fingerprint density at radius 1 is 0.833 bits per heavy atom. The molecule has 1 N–H and O–H groups in total. The Labute approximate surface area is 110 Å². The zero-order valence-corrected chi connectivity index (χ0v) is 11.9. The summed E-state index contributed by atoms with van der Waals surface area (Å²) >= 11 is 0. The van der Waals surface area contributed by atoms with Gasteiger partial charge in [0.25, 0.3) is 0 Å². The van der Waals surface area contributed by atoms with Gasteiger partial charge in [-0.25, -0.2) is 4.98 Å². The van der Waals surface area contributed by atoms with Crippen molar-refractivity contribution in [2.45, 2.75) is 27.7 Å². The summed E-state index contributed by atoms with van der Waals surface area (Å²) in [6.45, 7) is 8.41. The molecule has 1 aromatic heterocycles. The topological polar surface area (TPSA) is 24.9 Å². The van der Waals surface area contributed by atoms with E-state index in [1.165, 1.54) is 22.3 Å². The molecule has 2 nitrogen and oxygen atoms in total. The Morgan fingerprint density at radius 3 is 1.94 bits per heavy atom. The number of aryl methyl sites for hydroxylation is 4. The molecule has 0 spiro atoms. The van der Waals surface area contributed by atoms with Crippen LogP contribution in [-0.4, -0.2) is 12.0 Å². The van der Waals surface area contributed by atoms with Gasteiger partial charge in [0, 0.05) is 13.2 Å². The standard InChI is InChI=1S/C9H12.C7H10N2/c1-7-4-5-8(2)9(3)6-7;1-6-3-4-7(8-2)9-5-6/h4-6H,1-3H3;3-5H,1-2H3,(H,8,9). The largest absolute Gasteiger partial charge is 0.373 e. The van der Waals surface area contributed by atoms with Crippen molar-refractivity contribution in [2.24, 2.45) is 0 Å². The molecule has 1 aromatic carbocycles. The maximum Gasteiger partial charge on any atom is 0.125 e. The van der Waals surface area contributed by atoms with Crippen LogP contribution in [-0.2, 0) is 0 Å². The van der Waals surface area contributed by atoms with Gasteiger partial charge >= 0.3 is 0 Å². The van der Waals surface area contributed by atoms with E-state index in [-0.39, 0.29) is 0 Å². The Morgan fingerprint density at radius 2 is 1.50 bits per heavy atom. The Balaban J connectivity index is 0.000000180. The van der Waals surface area contributed by atoms with Crippen LogP contribution in [0, 0.1) is 27.7 Å². The van der Waals surface area contributed by atoms with Crippen LogP contribution in [0.3, 0.4) is 0 Å². The lowest BCUT2D eigenvalue weighted by Gasteiger charge is -1.98. The number of hydrogen-bond donors (Lipinski definition) is 1. The van der Waals surface area contributed by atoms with E-state index in [4.69, 9.17) is 0 Å². The van der Waals surface area contributed by atoms with E-state index < -0.39 is 0 Å². The third kappa shape index (κ3) is 4.58. The van der Waals surface area contributed by atoms with Gasteiger partial charge < -0.3 is 5.32 Å². The van der Waals surface area contributed by atoms with E-state index in [2.05, 4.69) is 49.3 Å². The molecule has 0 aliphatic rings. The number of benzene rings is 1. The number of anilines is 1. The molecule has 2 heteroatoms. The lowest BCUT2D eigenvalue weighted by molar-refractivity contribution is 1.24. The molecule has 1 heterocycles. The molecule has 0 amide bonds. The molecule has 2 aromatic rings. The quantitative estimate of drug-likeness (QED) is 0.816. The highest BCUT2D eigenvalue weighted by atomic mass is 14.9. The first-order chi connectivity index (χ1) is 8.52. The molecule has 2 rings (SSSR count). The Bertz CT molecular complexity index is 487. The van der Waals surface area contributed by atoms with E-state index in [0.717, 1.165) is 5.82 Å². The van der Waals surface area contributed by atoms with Gasteiger partial charge in [0.1, 0.15) is 5.82 Å². The lowest BCUT2D eigenvalue weighted by atomic mass is 10.1. The predicted octanol–water partition coefficient (Wildman–Crippen LogP) is 4.04. The van der Waals surface area contributed by atoms with Crippen LogP contribution in [0.1, 0.15) is 22.3 Å². The molecule has 96 valence electrons. The average molecular weight is 242 g/mol. The second kappa shape index (κ2) is 6.80. The summed E-state index contributed by atoms with van der Waals surface area (Å²) in [5.41, 5.74) is 5.29. The molecule has 0 radical (unpaired) electrons. The first kappa shape index (κ1) is 14.2. The van der Waals surface area contributed by atoms with E-state index in [0.29, 0.717) is 0 Å². The lowest BCUT2D eigenvalue weighted by Crippen LogP contribution is -1.90. The minimum Gasteiger partial charge on any atom is -0.373 e. The van der Waals surface area contributed by atoms with Gasteiger partial charge in [-0.1, -0.05) is 29.8 Å². The molecular formula is C16H22N2. The summed E-state index contributed by atoms with van der Waals surface area (Å²) in [5.74, 6) is 0.917. The molecule has 0 aliphatic heterocycles. The van der Waals surface area contributed by atoms with E-state index in [9.17, 15) is 0 Å². The molecule has 0 saturated heterocycles. The van der Waals surface area contributed by atoms with Gasteiger partial charge in [0.15, 0.2) is 0 Å². The summed E-state index contributed by atoms with van der Waals surface area (Å²) in [5, 5.41) is 2.94. The number of hydrogen-bond acceptors (Lipinski definition) is 2. The van der Waals surface area contributed by atoms with Gasteiger partial charge in [-0.3, -0.25) is 0 Å². The maximum absolute atomic E-state index is 4.09. The van der Waals surface area contributed by atoms with Crippen molar-refractivity contribution in [3.05, 3.63) is 58.8 Å². The summed E-state index contributed by atoms with van der Waals surface area (Å²) in [6, 6.07) is 10.5. The fourth-order valence-corrected chi connectivity index (χ4v) is 1.51. The molecule has 0 saturated carbocycles. The van der Waals surface area contributed by atoms with Gasteiger partial charge in [-0.05, 0) is 50.5 Å². The van der Waals surface area contributed by atoms with Crippen molar-refractivity contribution in [1.29, 1.82) is 0 Å². The van der Waals surface area contributed by atoms with E-state index in [1.54, 1.807) is 0 Å². The number of nitrogens with one attached hydrogen (secondary N) is 1. The van der Waals surface area contributed by atoms with Crippen molar-refractivity contribution >= 4 is 5.82 Å². The van der Waals surface area contributed by atoms with Crippen LogP contribution in [0.5, 0.6) is 0 Å². The van der Waals surface area contributed by atoms with Crippen molar-refractivity contribution in [1.82, 2.24) is 4.98 Å². The third-order valence-electron chi connectivity index (χ3n) is 2.83. The SMILES string of the molecule is CNc1ccc(C)cn1.Cc1ccc(C)c(C)c1. The smallest absolute Gasteiger partial charge is 0.125 e. The van der Waals surface area contributed by atoms with Crippen LogP contribution in [0.4, 0.5) is 5.82 Å². The summed E-state index contributed by atoms with van der Waals surface area (Å²) in [7, 11) is 1.86. The van der Waals surface area contributed by atoms with Gasteiger partial charge in [0.2, 0.25) is 0 Å². The highest BCUT2D eigenvalue weighted by Gasteiger charge is 1.89. The minimum absolute atomic E-state index is 0.917. The number of aromatic nitrogens is 1. The zero-order valence-electron chi connectivity index (χ0n) is 11.9. The van der Waals surface area contributed by atoms with Crippen LogP contribution < -0.4 is 5.32 Å². The molecule has 0 aliphatic carbocycles. The highest BCUT2D eigenvalue weighted by Crippen LogP contribution is 2.07. The third-order valence-corrected chi connectivity index (χ3v) is 2.83. The predicted molar refractivity (Wildman–Crippen MR) is 79.2 cm³/mol. The van der Waals surface area contributed by atoms with Gasteiger partial charge in [-0.2, -0.15) is 0 Å². The zero-order chi connectivity index (χ0) is 13.5. The first-order valence-corrected chi connectivity index (χ1v) is 6.17. The fourth-order valence-electron chi connectivity index (χ4n) is 1.51. The maximum atomic E-state index is 4.09. The second-order valence-corrected chi connectivity index (χ2v) is 4.56. The van der Waals surface area contributed by atoms with Crippen LogP contribution >= 0.6 is 0 Å². The Hall–Kier alpha value is -1.83. The van der Waals surface area contributed by atoms with Crippen molar-refractivity contribution < 1.29 is 0 Å². The second-order valence-electron chi connectivity index (χ2n) is 4.56. The monoisotopic (exact) mass is 242 g/mol. The van der Waals surface area contributed by atoms with Gasteiger partial charge in [-0.15, -0.1) is 0 Å². The van der Waals surface area contributed by atoms with Crippen LogP contribution in [0.15, 0.2) is 36.5 Å². The summed E-state index contributed by atoms with van der Waals surface area (Å²) in [4.78, 5) is 4.09. The molecule has 0 bridgehead atoms. The number of pyridine rings is 1. The summed E-state index contributed by atoms with van der Waals surface area (Å²) < 4.78 is 0. The van der Waals surface area contributed by atoms with E-state index in [1.807, 2.05) is 32.3 Å². The molecule has 18 heavy (non-hydrogen) atoms.